The van der Waals surface area contributed by atoms with Crippen LogP contribution in [-0.2, 0) is 9.53 Å². The van der Waals surface area contributed by atoms with Gasteiger partial charge in [-0.3, -0.25) is 0 Å². The normalized spacial score (nSPS) is 25.6. The van der Waals surface area contributed by atoms with Crippen LogP contribution in [0.2, 0.25) is 0 Å². The fourth-order valence-electron chi connectivity index (χ4n) is 2.13. The van der Waals surface area contributed by atoms with Crippen molar-refractivity contribution in [3.05, 3.63) is 48.0 Å². The second-order valence-electron chi connectivity index (χ2n) is 3.85. The second kappa shape index (κ2) is 3.20. The largest absolute Gasteiger partial charge is 0.478 e. The number of nitrogens with zero attached hydrogens (tertiary/aromatic N) is 1. The van der Waals surface area contributed by atoms with Gasteiger partial charge in [-0.1, -0.05) is 12.2 Å². The maximum atomic E-state index is 11.0. The minimum Gasteiger partial charge on any atom is -0.478 e. The molecular formula is C12H10NO3+. The highest BCUT2D eigenvalue weighted by atomic mass is 16.5. The first-order chi connectivity index (χ1) is 7.75. The van der Waals surface area contributed by atoms with E-state index in [4.69, 9.17) is 9.84 Å². The zero-order chi connectivity index (χ0) is 11.1. The van der Waals surface area contributed by atoms with Gasteiger partial charge in [-0.05, 0) is 6.08 Å². The predicted molar refractivity (Wildman–Crippen MR) is 56.8 cm³/mol. The van der Waals surface area contributed by atoms with Crippen LogP contribution in [0, 0.1) is 0 Å². The van der Waals surface area contributed by atoms with Crippen molar-refractivity contribution in [2.24, 2.45) is 0 Å². The van der Waals surface area contributed by atoms with Gasteiger partial charge in [0, 0.05) is 12.0 Å². The van der Waals surface area contributed by atoms with Gasteiger partial charge in [-0.25, -0.2) is 4.79 Å². The van der Waals surface area contributed by atoms with Crippen LogP contribution in [0.4, 0.5) is 0 Å². The van der Waals surface area contributed by atoms with E-state index in [1.165, 1.54) is 0 Å². The van der Waals surface area contributed by atoms with Gasteiger partial charge in [-0.2, -0.15) is 4.58 Å². The van der Waals surface area contributed by atoms with E-state index in [1.54, 1.807) is 18.7 Å². The topological polar surface area (TPSA) is 49.5 Å². The monoisotopic (exact) mass is 216 g/mol. The van der Waals surface area contributed by atoms with Gasteiger partial charge in [0.25, 0.3) is 0 Å². The van der Waals surface area contributed by atoms with Crippen LogP contribution in [-0.4, -0.2) is 27.5 Å². The molecule has 1 unspecified atom stereocenters. The van der Waals surface area contributed by atoms with E-state index in [0.29, 0.717) is 12.0 Å². The Labute approximate surface area is 92.2 Å². The van der Waals surface area contributed by atoms with Crippen molar-refractivity contribution in [1.82, 2.24) is 0 Å². The summed E-state index contributed by atoms with van der Waals surface area (Å²) >= 11 is 0. The molecule has 4 heteroatoms. The molecule has 0 bridgehead atoms. The van der Waals surface area contributed by atoms with Crippen molar-refractivity contribution in [3.8, 4) is 0 Å². The van der Waals surface area contributed by atoms with Gasteiger partial charge < -0.3 is 9.84 Å². The van der Waals surface area contributed by atoms with Crippen LogP contribution < -0.4 is 0 Å². The molecule has 1 aliphatic carbocycles. The summed E-state index contributed by atoms with van der Waals surface area (Å²) in [4.78, 5) is 11.0. The van der Waals surface area contributed by atoms with E-state index >= 15 is 0 Å². The molecule has 0 radical (unpaired) electrons. The molecule has 3 rings (SSSR count). The van der Waals surface area contributed by atoms with Crippen LogP contribution in [0.25, 0.3) is 0 Å². The molecule has 1 atom stereocenters. The lowest BCUT2D eigenvalue weighted by molar-refractivity contribution is -0.390. The van der Waals surface area contributed by atoms with Gasteiger partial charge in [0.05, 0.1) is 0 Å². The van der Waals surface area contributed by atoms with Crippen LogP contribution in [0.5, 0.6) is 0 Å². The summed E-state index contributed by atoms with van der Waals surface area (Å²) < 4.78 is 7.28. The Bertz CT molecular complexity index is 520. The van der Waals surface area contributed by atoms with Crippen molar-refractivity contribution in [1.29, 1.82) is 0 Å². The number of carbonyl (C=O) groups is 1. The summed E-state index contributed by atoms with van der Waals surface area (Å²) in [6, 6.07) is 0. The highest BCUT2D eigenvalue weighted by Gasteiger charge is 2.36. The third kappa shape index (κ3) is 1.23. The zero-order valence-electron chi connectivity index (χ0n) is 8.46. The summed E-state index contributed by atoms with van der Waals surface area (Å²) in [6.45, 7) is 0. The molecule has 0 saturated heterocycles. The Morgan fingerprint density at radius 3 is 3.25 bits per heavy atom. The van der Waals surface area contributed by atoms with Crippen LogP contribution in [0.3, 0.4) is 0 Å². The van der Waals surface area contributed by atoms with E-state index in [0.717, 1.165) is 11.3 Å². The number of carboxylic acids is 1. The van der Waals surface area contributed by atoms with Gasteiger partial charge in [0.1, 0.15) is 11.8 Å². The van der Waals surface area contributed by atoms with Crippen molar-refractivity contribution >= 4 is 11.7 Å². The first-order valence-electron chi connectivity index (χ1n) is 5.05. The van der Waals surface area contributed by atoms with Crippen molar-refractivity contribution < 1.29 is 19.2 Å². The Morgan fingerprint density at radius 1 is 1.56 bits per heavy atom. The third-order valence-corrected chi connectivity index (χ3v) is 2.86. The lowest BCUT2D eigenvalue weighted by Gasteiger charge is -2.23. The van der Waals surface area contributed by atoms with Gasteiger partial charge >= 0.3 is 5.97 Å². The van der Waals surface area contributed by atoms with E-state index in [2.05, 4.69) is 0 Å². The molecule has 1 N–H and O–H groups in total. The third-order valence-electron chi connectivity index (χ3n) is 2.86. The highest BCUT2D eigenvalue weighted by molar-refractivity contribution is 6.05. The molecule has 16 heavy (non-hydrogen) atoms. The Morgan fingerprint density at radius 2 is 2.44 bits per heavy atom. The number of rotatable bonds is 1. The molecular weight excluding hydrogens is 206 g/mol. The van der Waals surface area contributed by atoms with E-state index in [1.807, 2.05) is 22.8 Å². The minimum atomic E-state index is -0.869. The molecule has 0 aromatic rings. The lowest BCUT2D eigenvalue weighted by atomic mass is 9.91. The zero-order valence-corrected chi connectivity index (χ0v) is 8.46. The lowest BCUT2D eigenvalue weighted by Crippen LogP contribution is -2.36. The van der Waals surface area contributed by atoms with E-state index < -0.39 is 5.97 Å². The summed E-state index contributed by atoms with van der Waals surface area (Å²) in [5.41, 5.74) is 2.43. The quantitative estimate of drug-likeness (QED) is 0.669. The molecule has 2 aliphatic heterocycles. The SMILES string of the molecule is O=C(O)C1=C[N+]2=C3C(=CC=CC3OC=C2)C1. The molecule has 0 fully saturated rings. The Balaban J connectivity index is 2.15. The van der Waals surface area contributed by atoms with Crippen LogP contribution in [0.15, 0.2) is 48.0 Å². The molecule has 0 amide bonds. The fraction of sp³-hybridized carbons (Fsp3) is 0.167. The Kier molecular flexibility index (Phi) is 1.83. The number of hydrogen-bond donors (Lipinski definition) is 1. The average molecular weight is 216 g/mol. The molecule has 0 aromatic carbocycles. The summed E-state index contributed by atoms with van der Waals surface area (Å²) in [6.07, 6.45) is 11.2. The molecule has 2 heterocycles. The standard InChI is InChI=1S/C12H9NO3/c14-12(15)9-6-8-2-1-3-10-11(8)13(7-9)4-5-16-10/h1-5,7,10H,6H2/p+1. The molecule has 4 nitrogen and oxygen atoms in total. The second-order valence-corrected chi connectivity index (χ2v) is 3.85. The predicted octanol–water partition coefficient (Wildman–Crippen LogP) is 1.18. The molecule has 80 valence electrons. The van der Waals surface area contributed by atoms with E-state index in [-0.39, 0.29) is 6.10 Å². The molecule has 3 aliphatic rings. The van der Waals surface area contributed by atoms with Gasteiger partial charge in [0.2, 0.25) is 18.0 Å². The average Bonchev–Trinajstić information content (AvgIpc) is 2.29. The fourth-order valence-corrected chi connectivity index (χ4v) is 2.13. The minimum absolute atomic E-state index is 0.0865. The summed E-state index contributed by atoms with van der Waals surface area (Å²) in [5.74, 6) is -0.869. The van der Waals surface area contributed by atoms with Gasteiger partial charge in [0.15, 0.2) is 6.20 Å². The van der Waals surface area contributed by atoms with Crippen molar-refractivity contribution in [3.63, 3.8) is 0 Å². The number of ether oxygens (including phenoxy) is 1. The summed E-state index contributed by atoms with van der Waals surface area (Å²) in [7, 11) is 0. The number of hydrogen-bond acceptors (Lipinski definition) is 2. The first-order valence-corrected chi connectivity index (χ1v) is 5.05. The Hall–Kier alpha value is -2.10. The van der Waals surface area contributed by atoms with Gasteiger partial charge in [-0.15, -0.1) is 0 Å². The van der Waals surface area contributed by atoms with Crippen molar-refractivity contribution in [2.45, 2.75) is 12.5 Å². The number of allylic oxidation sites excluding steroid dienone is 2. The number of aliphatic carboxylic acids is 1. The molecule has 0 aromatic heterocycles. The molecule has 0 spiro atoms. The maximum Gasteiger partial charge on any atom is 0.337 e. The maximum absolute atomic E-state index is 11.0. The first kappa shape index (κ1) is 9.15. The summed E-state index contributed by atoms with van der Waals surface area (Å²) in [5, 5.41) is 9.02. The molecule has 0 saturated carbocycles. The highest BCUT2D eigenvalue weighted by Crippen LogP contribution is 2.26. The number of carboxylic acid groups (broad SMARTS) is 1. The van der Waals surface area contributed by atoms with E-state index in [9.17, 15) is 4.79 Å². The van der Waals surface area contributed by atoms with Crippen LogP contribution in [0.1, 0.15) is 6.42 Å². The van der Waals surface area contributed by atoms with Crippen LogP contribution >= 0.6 is 0 Å². The smallest absolute Gasteiger partial charge is 0.337 e. The van der Waals surface area contributed by atoms with Crippen molar-refractivity contribution in [2.75, 3.05) is 0 Å².